The smallest absolute Gasteiger partial charge is 0.262 e. The summed E-state index contributed by atoms with van der Waals surface area (Å²) in [6.07, 6.45) is 0. The van der Waals surface area contributed by atoms with Crippen LogP contribution in [0.2, 0.25) is 10.0 Å². The SMILES string of the molecule is COc1cc(S(=O)(=O)Nc2c(Cl)cccc2Cl)ccc1F. The average molecular weight is 350 g/mol. The third-order valence-electron chi connectivity index (χ3n) is 2.63. The summed E-state index contributed by atoms with van der Waals surface area (Å²) in [6.45, 7) is 0. The van der Waals surface area contributed by atoms with Crippen molar-refractivity contribution in [2.24, 2.45) is 0 Å². The molecule has 0 atom stereocenters. The lowest BCUT2D eigenvalue weighted by Crippen LogP contribution is -2.14. The molecule has 112 valence electrons. The monoisotopic (exact) mass is 349 g/mol. The first kappa shape index (κ1) is 15.9. The van der Waals surface area contributed by atoms with Crippen LogP contribution in [0.25, 0.3) is 0 Å². The van der Waals surface area contributed by atoms with E-state index in [1.807, 2.05) is 0 Å². The molecule has 4 nitrogen and oxygen atoms in total. The van der Waals surface area contributed by atoms with E-state index in [-0.39, 0.29) is 26.4 Å². The lowest BCUT2D eigenvalue weighted by Gasteiger charge is -2.12. The van der Waals surface area contributed by atoms with Gasteiger partial charge < -0.3 is 4.74 Å². The van der Waals surface area contributed by atoms with E-state index in [1.54, 1.807) is 6.07 Å². The lowest BCUT2D eigenvalue weighted by molar-refractivity contribution is 0.385. The first-order valence-corrected chi connectivity index (χ1v) is 7.89. The fourth-order valence-corrected chi connectivity index (χ4v) is 3.32. The number of anilines is 1. The number of rotatable bonds is 4. The van der Waals surface area contributed by atoms with Crippen LogP contribution < -0.4 is 9.46 Å². The number of benzene rings is 2. The molecule has 21 heavy (non-hydrogen) atoms. The van der Waals surface area contributed by atoms with Gasteiger partial charge in [-0.25, -0.2) is 12.8 Å². The van der Waals surface area contributed by atoms with E-state index in [0.29, 0.717) is 0 Å². The first-order chi connectivity index (χ1) is 9.85. The standard InChI is InChI=1S/C13H10Cl2FNO3S/c1-20-12-7-8(5-6-11(12)16)21(18,19)17-13-9(14)3-2-4-10(13)15/h2-7,17H,1H3. The van der Waals surface area contributed by atoms with E-state index in [9.17, 15) is 12.8 Å². The van der Waals surface area contributed by atoms with Gasteiger partial charge in [0, 0.05) is 6.07 Å². The van der Waals surface area contributed by atoms with Gasteiger partial charge in [-0.3, -0.25) is 4.72 Å². The largest absolute Gasteiger partial charge is 0.494 e. The van der Waals surface area contributed by atoms with Gasteiger partial charge in [0.25, 0.3) is 10.0 Å². The fourth-order valence-electron chi connectivity index (χ4n) is 1.60. The highest BCUT2D eigenvalue weighted by Gasteiger charge is 2.19. The molecular weight excluding hydrogens is 340 g/mol. The molecule has 1 N–H and O–H groups in total. The molecule has 2 rings (SSSR count). The molecule has 0 aromatic heterocycles. The third kappa shape index (κ3) is 3.40. The number of hydrogen-bond donors (Lipinski definition) is 1. The Morgan fingerprint density at radius 2 is 1.76 bits per heavy atom. The summed E-state index contributed by atoms with van der Waals surface area (Å²) in [5.74, 6) is -0.838. The molecular formula is C13H10Cl2FNO3S. The topological polar surface area (TPSA) is 55.4 Å². The van der Waals surface area contributed by atoms with Crippen molar-refractivity contribution in [1.29, 1.82) is 0 Å². The van der Waals surface area contributed by atoms with E-state index in [1.165, 1.54) is 19.2 Å². The maximum Gasteiger partial charge on any atom is 0.262 e. The molecule has 8 heteroatoms. The minimum absolute atomic E-state index is 0.0594. The maximum absolute atomic E-state index is 13.3. The quantitative estimate of drug-likeness (QED) is 0.909. The molecule has 2 aromatic carbocycles. The van der Waals surface area contributed by atoms with Crippen molar-refractivity contribution in [3.63, 3.8) is 0 Å². The number of nitrogens with one attached hydrogen (secondary N) is 1. The Kier molecular flexibility index (Phi) is 4.61. The van der Waals surface area contributed by atoms with Gasteiger partial charge in [-0.1, -0.05) is 29.3 Å². The molecule has 0 saturated carbocycles. The van der Waals surface area contributed by atoms with E-state index in [0.717, 1.165) is 18.2 Å². The van der Waals surface area contributed by atoms with Crippen molar-refractivity contribution in [3.8, 4) is 5.75 Å². The lowest BCUT2D eigenvalue weighted by atomic mass is 10.3. The number of methoxy groups -OCH3 is 1. The second-order valence-corrected chi connectivity index (χ2v) is 6.50. The van der Waals surface area contributed by atoms with Gasteiger partial charge in [0.2, 0.25) is 0 Å². The van der Waals surface area contributed by atoms with Crippen molar-refractivity contribution >= 4 is 38.9 Å². The van der Waals surface area contributed by atoms with Crippen LogP contribution >= 0.6 is 23.2 Å². The van der Waals surface area contributed by atoms with Gasteiger partial charge in [-0.2, -0.15) is 0 Å². The molecule has 0 bridgehead atoms. The molecule has 0 aliphatic rings. The maximum atomic E-state index is 13.3. The summed E-state index contributed by atoms with van der Waals surface area (Å²) in [7, 11) is -2.73. The highest BCUT2D eigenvalue weighted by molar-refractivity contribution is 7.92. The minimum Gasteiger partial charge on any atom is -0.494 e. The van der Waals surface area contributed by atoms with Gasteiger partial charge in [0.1, 0.15) is 0 Å². The average Bonchev–Trinajstić information content (AvgIpc) is 2.43. The summed E-state index contributed by atoms with van der Waals surface area (Å²) in [4.78, 5) is -0.170. The number of para-hydroxylation sites is 1. The second-order valence-electron chi connectivity index (χ2n) is 4.00. The highest BCUT2D eigenvalue weighted by atomic mass is 35.5. The van der Waals surface area contributed by atoms with Gasteiger partial charge in [0.15, 0.2) is 11.6 Å². The van der Waals surface area contributed by atoms with Crippen LogP contribution in [0, 0.1) is 5.82 Å². The molecule has 0 aliphatic carbocycles. The molecule has 2 aromatic rings. The van der Waals surface area contributed by atoms with Crippen LogP contribution in [0.4, 0.5) is 10.1 Å². The number of halogens is 3. The summed E-state index contributed by atoms with van der Waals surface area (Å²) in [5, 5.41) is 0.306. The van der Waals surface area contributed by atoms with E-state index < -0.39 is 15.8 Å². The molecule has 0 unspecified atom stereocenters. The summed E-state index contributed by atoms with van der Waals surface area (Å²) < 4.78 is 44.9. The Bertz CT molecular complexity index is 761. The molecule has 0 heterocycles. The molecule has 0 fully saturated rings. The Morgan fingerprint density at radius 3 is 2.33 bits per heavy atom. The number of hydrogen-bond acceptors (Lipinski definition) is 3. The van der Waals surface area contributed by atoms with Crippen molar-refractivity contribution in [3.05, 3.63) is 52.3 Å². The Balaban J connectivity index is 2.44. The van der Waals surface area contributed by atoms with Crippen LogP contribution in [-0.2, 0) is 10.0 Å². The minimum atomic E-state index is -3.97. The van der Waals surface area contributed by atoms with Gasteiger partial charge >= 0.3 is 0 Å². The van der Waals surface area contributed by atoms with Gasteiger partial charge in [-0.15, -0.1) is 0 Å². The Labute approximate surface area is 131 Å². The zero-order valence-corrected chi connectivity index (χ0v) is 13.1. The zero-order valence-electron chi connectivity index (χ0n) is 10.7. The van der Waals surface area contributed by atoms with Crippen molar-refractivity contribution in [2.75, 3.05) is 11.8 Å². The summed E-state index contributed by atoms with van der Waals surface area (Å²) in [6, 6.07) is 7.77. The molecule has 0 amide bonds. The summed E-state index contributed by atoms with van der Waals surface area (Å²) >= 11 is 11.8. The van der Waals surface area contributed by atoms with E-state index >= 15 is 0 Å². The molecule has 0 aliphatic heterocycles. The van der Waals surface area contributed by atoms with Crippen LogP contribution in [0.1, 0.15) is 0 Å². The van der Waals surface area contributed by atoms with E-state index in [4.69, 9.17) is 27.9 Å². The van der Waals surface area contributed by atoms with Gasteiger partial charge in [0.05, 0.1) is 27.7 Å². The Hall–Kier alpha value is -1.50. The van der Waals surface area contributed by atoms with Crippen molar-refractivity contribution in [2.45, 2.75) is 4.90 Å². The molecule has 0 radical (unpaired) electrons. The Morgan fingerprint density at radius 1 is 1.14 bits per heavy atom. The van der Waals surface area contributed by atoms with Crippen molar-refractivity contribution < 1.29 is 17.5 Å². The molecule has 0 saturated heterocycles. The zero-order chi connectivity index (χ0) is 15.6. The van der Waals surface area contributed by atoms with Crippen LogP contribution in [0.15, 0.2) is 41.3 Å². The number of ether oxygens (including phenoxy) is 1. The van der Waals surface area contributed by atoms with Crippen LogP contribution in [-0.4, -0.2) is 15.5 Å². The van der Waals surface area contributed by atoms with E-state index in [2.05, 4.69) is 4.72 Å². The third-order valence-corrected chi connectivity index (χ3v) is 4.61. The van der Waals surface area contributed by atoms with Crippen LogP contribution in [0.5, 0.6) is 5.75 Å². The van der Waals surface area contributed by atoms with Crippen LogP contribution in [0.3, 0.4) is 0 Å². The fraction of sp³-hybridized carbons (Fsp3) is 0.0769. The summed E-state index contributed by atoms with van der Waals surface area (Å²) in [5.41, 5.74) is 0.0594. The number of sulfonamides is 1. The predicted molar refractivity (Wildman–Crippen MR) is 80.2 cm³/mol. The first-order valence-electron chi connectivity index (χ1n) is 5.65. The highest BCUT2D eigenvalue weighted by Crippen LogP contribution is 2.32. The van der Waals surface area contributed by atoms with Gasteiger partial charge in [-0.05, 0) is 24.3 Å². The van der Waals surface area contributed by atoms with Crippen molar-refractivity contribution in [1.82, 2.24) is 0 Å². The normalized spacial score (nSPS) is 11.2. The second kappa shape index (κ2) is 6.09. The molecule has 0 spiro atoms. The predicted octanol–water partition coefficient (Wildman–Crippen LogP) is 3.94.